The number of esters is 2. The van der Waals surface area contributed by atoms with Crippen LogP contribution in [0.3, 0.4) is 0 Å². The fraction of sp³-hybridized carbons (Fsp3) is 0.719. The molecule has 62 heavy (non-hydrogen) atoms. The molecule has 0 N–H and O–H groups in total. The molecule has 0 radical (unpaired) electrons. The Morgan fingerprint density at radius 2 is 0.726 bits per heavy atom. The number of carbonyl (C=O) groups excluding carboxylic acids is 2. The average Bonchev–Trinajstić information content (AvgIpc) is 3.27. The van der Waals surface area contributed by atoms with Crippen LogP contribution in [0.15, 0.2) is 85.1 Å². The number of unbranched alkanes of at least 4 members (excludes halogenated alkanes) is 22. The maximum Gasteiger partial charge on any atom is 0.306 e. The highest BCUT2D eigenvalue weighted by Gasteiger charge is 2.17. The Labute approximate surface area is 384 Å². The SMILES string of the molecule is CC/C=C\C/C=C\C/C=C\CCCCCCCCOCC(COC(=O)CCCCCCC/C=C\C/C=C\C/C=C\CC)OC(=O)CCCCCCC/C=C\CCCCCCCC. The monoisotopic (exact) mass is 863 g/mol. The zero-order chi connectivity index (χ0) is 44.9. The molecule has 1 unspecified atom stereocenters. The molecule has 0 bridgehead atoms. The molecule has 0 aromatic rings. The number of hydrogen-bond donors (Lipinski definition) is 0. The molecule has 356 valence electrons. The highest BCUT2D eigenvalue weighted by atomic mass is 16.6. The molecule has 0 saturated carbocycles. The lowest BCUT2D eigenvalue weighted by molar-refractivity contribution is -0.163. The van der Waals surface area contributed by atoms with Gasteiger partial charge in [-0.15, -0.1) is 0 Å². The molecule has 0 aliphatic carbocycles. The summed E-state index contributed by atoms with van der Waals surface area (Å²) in [4.78, 5) is 25.4. The Kier molecular flexibility index (Phi) is 50.0. The van der Waals surface area contributed by atoms with E-state index in [9.17, 15) is 9.59 Å². The van der Waals surface area contributed by atoms with Crippen molar-refractivity contribution < 1.29 is 23.8 Å². The quantitative estimate of drug-likeness (QED) is 0.0346. The molecule has 0 spiro atoms. The fourth-order valence-corrected chi connectivity index (χ4v) is 7.06. The van der Waals surface area contributed by atoms with Crippen molar-refractivity contribution in [3.05, 3.63) is 85.1 Å². The first-order valence-electron chi connectivity index (χ1n) is 26.1. The van der Waals surface area contributed by atoms with E-state index in [2.05, 4.69) is 106 Å². The number of ether oxygens (including phenoxy) is 3. The molecule has 0 aromatic carbocycles. The van der Waals surface area contributed by atoms with Gasteiger partial charge in [0.15, 0.2) is 6.10 Å². The van der Waals surface area contributed by atoms with Crippen LogP contribution in [-0.4, -0.2) is 37.9 Å². The van der Waals surface area contributed by atoms with Gasteiger partial charge in [0.2, 0.25) is 0 Å². The smallest absolute Gasteiger partial charge is 0.306 e. The van der Waals surface area contributed by atoms with Gasteiger partial charge in [-0.05, 0) is 109 Å². The van der Waals surface area contributed by atoms with E-state index >= 15 is 0 Å². The summed E-state index contributed by atoms with van der Waals surface area (Å²) in [6.45, 7) is 7.55. The molecule has 0 aliphatic heterocycles. The highest BCUT2D eigenvalue weighted by molar-refractivity contribution is 5.70. The van der Waals surface area contributed by atoms with Crippen LogP contribution in [0.25, 0.3) is 0 Å². The van der Waals surface area contributed by atoms with Crippen LogP contribution < -0.4 is 0 Å². The van der Waals surface area contributed by atoms with Crippen LogP contribution in [0, 0.1) is 0 Å². The van der Waals surface area contributed by atoms with Crippen molar-refractivity contribution in [2.75, 3.05) is 19.8 Å². The van der Waals surface area contributed by atoms with Crippen molar-refractivity contribution in [2.45, 2.75) is 245 Å². The third-order valence-electron chi connectivity index (χ3n) is 10.9. The topological polar surface area (TPSA) is 61.8 Å². The van der Waals surface area contributed by atoms with Gasteiger partial charge >= 0.3 is 11.9 Å². The van der Waals surface area contributed by atoms with Gasteiger partial charge in [0.1, 0.15) is 6.61 Å². The zero-order valence-electron chi connectivity index (χ0n) is 40.9. The minimum absolute atomic E-state index is 0.0644. The van der Waals surface area contributed by atoms with Gasteiger partial charge in [0.05, 0.1) is 6.61 Å². The first-order valence-corrected chi connectivity index (χ1v) is 26.1. The Hall–Kier alpha value is -2.92. The molecule has 0 fully saturated rings. The van der Waals surface area contributed by atoms with Crippen LogP contribution in [0.2, 0.25) is 0 Å². The summed E-state index contributed by atoms with van der Waals surface area (Å²) in [5.74, 6) is -0.433. The lowest BCUT2D eigenvalue weighted by Gasteiger charge is -2.18. The molecular weight excluding hydrogens is 765 g/mol. The number of hydrogen-bond acceptors (Lipinski definition) is 5. The Morgan fingerprint density at radius 3 is 1.18 bits per heavy atom. The minimum Gasteiger partial charge on any atom is -0.462 e. The van der Waals surface area contributed by atoms with E-state index in [1.54, 1.807) is 0 Å². The van der Waals surface area contributed by atoms with E-state index in [1.807, 2.05) is 0 Å². The van der Waals surface area contributed by atoms with Gasteiger partial charge in [0.25, 0.3) is 0 Å². The molecule has 1 atom stereocenters. The summed E-state index contributed by atoms with van der Waals surface area (Å²) in [6, 6.07) is 0. The van der Waals surface area contributed by atoms with E-state index in [4.69, 9.17) is 14.2 Å². The van der Waals surface area contributed by atoms with Crippen LogP contribution >= 0.6 is 0 Å². The van der Waals surface area contributed by atoms with Crippen molar-refractivity contribution in [2.24, 2.45) is 0 Å². The van der Waals surface area contributed by atoms with Crippen molar-refractivity contribution in [3.63, 3.8) is 0 Å². The second-order valence-corrected chi connectivity index (χ2v) is 17.0. The van der Waals surface area contributed by atoms with Crippen LogP contribution in [0.5, 0.6) is 0 Å². The molecule has 0 amide bonds. The summed E-state index contributed by atoms with van der Waals surface area (Å²) in [5, 5.41) is 0. The van der Waals surface area contributed by atoms with E-state index < -0.39 is 6.10 Å². The first kappa shape index (κ1) is 59.1. The van der Waals surface area contributed by atoms with Gasteiger partial charge in [0, 0.05) is 19.4 Å². The largest absolute Gasteiger partial charge is 0.462 e. The average molecular weight is 863 g/mol. The van der Waals surface area contributed by atoms with Crippen molar-refractivity contribution in [1.29, 1.82) is 0 Å². The summed E-state index contributed by atoms with van der Waals surface area (Å²) < 4.78 is 17.4. The molecule has 0 saturated heterocycles. The summed E-state index contributed by atoms with van der Waals surface area (Å²) >= 11 is 0. The van der Waals surface area contributed by atoms with E-state index in [-0.39, 0.29) is 25.2 Å². The molecule has 0 aliphatic rings. The van der Waals surface area contributed by atoms with Crippen molar-refractivity contribution >= 4 is 11.9 Å². The summed E-state index contributed by atoms with van der Waals surface area (Å²) in [6.07, 6.45) is 68.7. The number of allylic oxidation sites excluding steroid dienone is 14. The third-order valence-corrected chi connectivity index (χ3v) is 10.9. The lowest BCUT2D eigenvalue weighted by Crippen LogP contribution is -2.30. The first-order chi connectivity index (χ1) is 30.6. The molecular formula is C57H98O5. The Morgan fingerprint density at radius 1 is 0.371 bits per heavy atom. The highest BCUT2D eigenvalue weighted by Crippen LogP contribution is 2.13. The maximum absolute atomic E-state index is 12.8. The zero-order valence-corrected chi connectivity index (χ0v) is 40.9. The van der Waals surface area contributed by atoms with Crippen LogP contribution in [0.1, 0.15) is 239 Å². The predicted octanol–water partition coefficient (Wildman–Crippen LogP) is 17.7. The maximum atomic E-state index is 12.8. The molecule has 5 nitrogen and oxygen atoms in total. The number of carbonyl (C=O) groups is 2. The Balaban J connectivity index is 4.34. The van der Waals surface area contributed by atoms with Crippen LogP contribution in [-0.2, 0) is 23.8 Å². The van der Waals surface area contributed by atoms with E-state index in [0.717, 1.165) is 109 Å². The van der Waals surface area contributed by atoms with Gasteiger partial charge < -0.3 is 14.2 Å². The minimum atomic E-state index is -0.558. The molecule has 0 aromatic heterocycles. The lowest BCUT2D eigenvalue weighted by atomic mass is 10.1. The van der Waals surface area contributed by atoms with Crippen LogP contribution in [0.4, 0.5) is 0 Å². The van der Waals surface area contributed by atoms with Gasteiger partial charge in [-0.25, -0.2) is 0 Å². The summed E-state index contributed by atoms with van der Waals surface area (Å²) in [5.41, 5.74) is 0. The molecule has 0 rings (SSSR count). The van der Waals surface area contributed by atoms with Gasteiger partial charge in [-0.2, -0.15) is 0 Å². The normalized spacial score (nSPS) is 12.9. The van der Waals surface area contributed by atoms with E-state index in [0.29, 0.717) is 19.4 Å². The predicted molar refractivity (Wildman–Crippen MR) is 270 cm³/mol. The standard InChI is InChI=1S/C57H98O5/c1-4-7-10-13-16-19-22-25-28-31-34-37-40-43-46-49-52-60-53-55(62-57(59)51-48-45-42-39-36-33-30-27-24-21-18-15-12-9-6-3)54-61-56(58)50-47-44-41-38-35-32-29-26-23-20-17-14-11-8-5-2/h7-8,10-11,16-17,19-20,25-30,55H,4-6,9,12-15,18,21-24,31-54H2,1-3H3/b10-7-,11-8-,19-16-,20-17-,28-25-,29-26-,30-27-. The van der Waals surface area contributed by atoms with Gasteiger partial charge in [-0.3, -0.25) is 9.59 Å². The number of rotatable bonds is 47. The molecule has 5 heteroatoms. The van der Waals surface area contributed by atoms with Crippen molar-refractivity contribution in [1.82, 2.24) is 0 Å². The molecule has 0 heterocycles. The second-order valence-electron chi connectivity index (χ2n) is 17.0. The fourth-order valence-electron chi connectivity index (χ4n) is 7.06. The third kappa shape index (κ3) is 49.7. The Bertz CT molecular complexity index is 1160. The van der Waals surface area contributed by atoms with Gasteiger partial charge in [-0.1, -0.05) is 202 Å². The van der Waals surface area contributed by atoms with E-state index in [1.165, 1.54) is 96.3 Å². The van der Waals surface area contributed by atoms with Crippen molar-refractivity contribution in [3.8, 4) is 0 Å². The second kappa shape index (κ2) is 52.4. The summed E-state index contributed by atoms with van der Waals surface area (Å²) in [7, 11) is 0.